The molecule has 3 aromatic heterocycles. The summed E-state index contributed by atoms with van der Waals surface area (Å²) >= 11 is 0. The number of para-hydroxylation sites is 1. The molecule has 39 heavy (non-hydrogen) atoms. The second kappa shape index (κ2) is 11.7. The van der Waals surface area contributed by atoms with E-state index in [0.29, 0.717) is 70.9 Å². The Morgan fingerprint density at radius 1 is 1.08 bits per heavy atom. The molecule has 1 amide bonds. The number of carbonyl (C=O) groups excluding carboxylic acids is 1. The molecule has 200 valence electrons. The summed E-state index contributed by atoms with van der Waals surface area (Å²) < 4.78 is 1.64. The molecule has 3 heterocycles. The van der Waals surface area contributed by atoms with Gasteiger partial charge >= 0.3 is 0 Å². The molecule has 2 aromatic carbocycles. The van der Waals surface area contributed by atoms with Gasteiger partial charge in [0, 0.05) is 18.7 Å². The van der Waals surface area contributed by atoms with Gasteiger partial charge in [-0.2, -0.15) is 0 Å². The fourth-order valence-corrected chi connectivity index (χ4v) is 4.53. The van der Waals surface area contributed by atoms with Crippen molar-refractivity contribution in [3.63, 3.8) is 0 Å². The molecule has 0 bridgehead atoms. The predicted molar refractivity (Wildman–Crippen MR) is 148 cm³/mol. The molecule has 0 aliphatic heterocycles. The van der Waals surface area contributed by atoms with Crippen molar-refractivity contribution < 1.29 is 10.0 Å². The Kier molecular flexibility index (Phi) is 7.73. The van der Waals surface area contributed by atoms with E-state index in [2.05, 4.69) is 30.6 Å². The number of aromatic amines is 1. The number of aromatic nitrogens is 6. The number of hydroxylamine groups is 1. The van der Waals surface area contributed by atoms with Gasteiger partial charge in [0.15, 0.2) is 11.5 Å². The van der Waals surface area contributed by atoms with Crippen molar-refractivity contribution in [1.29, 1.82) is 0 Å². The SMILES string of the molecule is CC[C@H](Nc1ncnc2[nH]cnc12)c1nc2cccc(NCCCCC(=O)NO)c2c(=O)n1-c1ccccc1. The Balaban J connectivity index is 1.55. The maximum absolute atomic E-state index is 14.2. The molecule has 0 radical (unpaired) electrons. The van der Waals surface area contributed by atoms with Gasteiger partial charge in [-0.3, -0.25) is 19.4 Å². The molecule has 0 spiro atoms. The average molecular weight is 528 g/mol. The maximum atomic E-state index is 14.2. The van der Waals surface area contributed by atoms with Crippen LogP contribution in [0.5, 0.6) is 0 Å². The summed E-state index contributed by atoms with van der Waals surface area (Å²) in [5, 5.41) is 15.9. The van der Waals surface area contributed by atoms with Crippen LogP contribution in [0.1, 0.15) is 44.5 Å². The van der Waals surface area contributed by atoms with Crippen LogP contribution >= 0.6 is 0 Å². The van der Waals surface area contributed by atoms with E-state index >= 15 is 0 Å². The van der Waals surface area contributed by atoms with Crippen LogP contribution in [0, 0.1) is 0 Å². The van der Waals surface area contributed by atoms with E-state index in [0.717, 1.165) is 0 Å². The first-order valence-electron chi connectivity index (χ1n) is 12.8. The van der Waals surface area contributed by atoms with Crippen molar-refractivity contribution in [1.82, 2.24) is 35.0 Å². The zero-order chi connectivity index (χ0) is 27.2. The van der Waals surface area contributed by atoms with Gasteiger partial charge in [-0.25, -0.2) is 25.4 Å². The first kappa shape index (κ1) is 25.8. The molecule has 0 saturated heterocycles. The lowest BCUT2D eigenvalue weighted by atomic mass is 10.1. The number of unbranched alkanes of at least 4 members (excludes halogenated alkanes) is 1. The summed E-state index contributed by atoms with van der Waals surface area (Å²) in [4.78, 5) is 46.4. The van der Waals surface area contributed by atoms with Crippen molar-refractivity contribution in [3.05, 3.63) is 77.4 Å². The molecule has 5 rings (SSSR count). The Morgan fingerprint density at radius 2 is 1.92 bits per heavy atom. The van der Waals surface area contributed by atoms with Gasteiger partial charge in [-0.1, -0.05) is 31.2 Å². The number of fused-ring (bicyclic) bond motifs is 2. The van der Waals surface area contributed by atoms with Crippen molar-refractivity contribution in [3.8, 4) is 5.69 Å². The maximum Gasteiger partial charge on any atom is 0.268 e. The number of rotatable bonds is 11. The number of amides is 1. The van der Waals surface area contributed by atoms with E-state index < -0.39 is 5.91 Å². The number of H-pyrrole nitrogens is 1. The number of anilines is 2. The topological polar surface area (TPSA) is 163 Å². The lowest BCUT2D eigenvalue weighted by Crippen LogP contribution is -2.29. The van der Waals surface area contributed by atoms with Gasteiger partial charge in [0.2, 0.25) is 5.91 Å². The molecule has 0 aliphatic rings. The van der Waals surface area contributed by atoms with Crippen LogP contribution < -0.4 is 21.7 Å². The summed E-state index contributed by atoms with van der Waals surface area (Å²) in [6, 6.07) is 14.6. The minimum absolute atomic E-state index is 0.197. The molecule has 1 atom stereocenters. The molecule has 0 saturated carbocycles. The fourth-order valence-electron chi connectivity index (χ4n) is 4.53. The number of hydrogen-bond acceptors (Lipinski definition) is 9. The molecular formula is C27H29N9O3. The van der Waals surface area contributed by atoms with Crippen molar-refractivity contribution in [2.24, 2.45) is 0 Å². The molecular weight excluding hydrogens is 498 g/mol. The van der Waals surface area contributed by atoms with Crippen LogP contribution in [0.3, 0.4) is 0 Å². The summed E-state index contributed by atoms with van der Waals surface area (Å²) in [5.74, 6) is 0.680. The van der Waals surface area contributed by atoms with Crippen LogP contribution in [-0.4, -0.2) is 47.1 Å². The highest BCUT2D eigenvalue weighted by Crippen LogP contribution is 2.27. The quantitative estimate of drug-likeness (QED) is 0.0979. The zero-order valence-corrected chi connectivity index (χ0v) is 21.4. The number of nitrogens with one attached hydrogen (secondary N) is 4. The molecule has 12 heteroatoms. The average Bonchev–Trinajstić information content (AvgIpc) is 3.46. The monoisotopic (exact) mass is 527 g/mol. The van der Waals surface area contributed by atoms with Gasteiger partial charge in [0.05, 0.1) is 29.0 Å². The Morgan fingerprint density at radius 3 is 2.72 bits per heavy atom. The summed E-state index contributed by atoms with van der Waals surface area (Å²) in [6.07, 6.45) is 5.15. The molecule has 5 N–H and O–H groups in total. The highest BCUT2D eigenvalue weighted by Gasteiger charge is 2.23. The van der Waals surface area contributed by atoms with E-state index in [-0.39, 0.29) is 18.0 Å². The Labute approximate surface area is 223 Å². The van der Waals surface area contributed by atoms with E-state index in [1.54, 1.807) is 16.4 Å². The number of imidazole rings is 1. The number of hydrogen-bond donors (Lipinski definition) is 5. The standard InChI is InChI=1S/C27H29N9O3/c1-2-18(33-25-23-24(30-15-29-23)31-16-32-25)26-34-20-12-8-11-19(28-14-7-6-13-21(37)35-39)22(20)27(38)36(26)17-9-4-3-5-10-17/h3-5,8-12,15-16,18,28,39H,2,6-7,13-14H2,1H3,(H,35,37)(H2,29,30,31,32,33)/t18-/m0/s1. The number of nitrogens with zero attached hydrogens (tertiary/aromatic N) is 5. The number of benzene rings is 2. The van der Waals surface area contributed by atoms with Crippen LogP contribution in [0.25, 0.3) is 27.8 Å². The van der Waals surface area contributed by atoms with Crippen molar-refractivity contribution >= 4 is 39.5 Å². The van der Waals surface area contributed by atoms with Gasteiger partial charge in [0.25, 0.3) is 5.56 Å². The number of carbonyl (C=O) groups is 1. The minimum atomic E-state index is -0.420. The second-order valence-electron chi connectivity index (χ2n) is 8.99. The van der Waals surface area contributed by atoms with E-state index in [1.165, 1.54) is 6.33 Å². The van der Waals surface area contributed by atoms with Crippen molar-refractivity contribution in [2.45, 2.75) is 38.6 Å². The highest BCUT2D eigenvalue weighted by atomic mass is 16.5. The smallest absolute Gasteiger partial charge is 0.268 e. The summed E-state index contributed by atoms with van der Waals surface area (Å²) in [7, 11) is 0. The zero-order valence-electron chi connectivity index (χ0n) is 21.4. The normalized spacial score (nSPS) is 11.9. The molecule has 0 aliphatic carbocycles. The minimum Gasteiger partial charge on any atom is -0.384 e. The van der Waals surface area contributed by atoms with Crippen LogP contribution in [0.4, 0.5) is 11.5 Å². The third-order valence-electron chi connectivity index (χ3n) is 6.46. The summed E-state index contributed by atoms with van der Waals surface area (Å²) in [6.45, 7) is 2.57. The summed E-state index contributed by atoms with van der Waals surface area (Å²) in [5.41, 5.74) is 4.60. The molecule has 12 nitrogen and oxygen atoms in total. The van der Waals surface area contributed by atoms with E-state index in [4.69, 9.17) is 10.2 Å². The molecule has 0 unspecified atom stereocenters. The lowest BCUT2D eigenvalue weighted by molar-refractivity contribution is -0.129. The Bertz CT molecular complexity index is 1650. The second-order valence-corrected chi connectivity index (χ2v) is 8.99. The highest BCUT2D eigenvalue weighted by molar-refractivity contribution is 5.91. The third-order valence-corrected chi connectivity index (χ3v) is 6.46. The first-order chi connectivity index (χ1) is 19.1. The van der Waals surface area contributed by atoms with Crippen LogP contribution in [0.2, 0.25) is 0 Å². The van der Waals surface area contributed by atoms with Gasteiger partial charge in [0.1, 0.15) is 17.7 Å². The molecule has 5 aromatic rings. The van der Waals surface area contributed by atoms with E-state index in [1.807, 2.05) is 55.5 Å². The van der Waals surface area contributed by atoms with Crippen LogP contribution in [-0.2, 0) is 4.79 Å². The lowest BCUT2D eigenvalue weighted by Gasteiger charge is -2.22. The first-order valence-corrected chi connectivity index (χ1v) is 12.8. The fraction of sp³-hybridized carbons (Fsp3) is 0.259. The van der Waals surface area contributed by atoms with Gasteiger partial charge < -0.3 is 15.6 Å². The molecule has 0 fully saturated rings. The Hall–Kier alpha value is -4.84. The third kappa shape index (κ3) is 5.41. The van der Waals surface area contributed by atoms with Gasteiger partial charge in [-0.15, -0.1) is 0 Å². The van der Waals surface area contributed by atoms with Gasteiger partial charge in [-0.05, 0) is 43.5 Å². The van der Waals surface area contributed by atoms with Crippen LogP contribution in [0.15, 0.2) is 66.0 Å². The van der Waals surface area contributed by atoms with E-state index in [9.17, 15) is 9.59 Å². The predicted octanol–water partition coefficient (Wildman–Crippen LogP) is 3.70. The van der Waals surface area contributed by atoms with Crippen molar-refractivity contribution in [2.75, 3.05) is 17.2 Å². The largest absolute Gasteiger partial charge is 0.384 e.